The number of hydrogen-bond acceptors (Lipinski definition) is 3. The molecule has 0 atom stereocenters. The molecule has 1 heterocycles. The maximum Gasteiger partial charge on any atom is 0.255 e. The lowest BCUT2D eigenvalue weighted by Crippen LogP contribution is -2.23. The Morgan fingerprint density at radius 1 is 0.963 bits per heavy atom. The molecule has 27 heavy (non-hydrogen) atoms. The van der Waals surface area contributed by atoms with Gasteiger partial charge in [0.1, 0.15) is 0 Å². The molecule has 2 aromatic carbocycles. The first-order chi connectivity index (χ1) is 13.1. The summed E-state index contributed by atoms with van der Waals surface area (Å²) in [4.78, 5) is 38.1. The molecule has 0 radical (unpaired) electrons. The van der Waals surface area contributed by atoms with Gasteiger partial charge in [0.05, 0.1) is 0 Å². The fourth-order valence-corrected chi connectivity index (χ4v) is 3.20. The van der Waals surface area contributed by atoms with Crippen molar-refractivity contribution in [2.45, 2.75) is 25.7 Å². The van der Waals surface area contributed by atoms with Gasteiger partial charge in [-0.2, -0.15) is 0 Å². The number of nitrogens with zero attached hydrogens (tertiary/aromatic N) is 1. The zero-order valence-electron chi connectivity index (χ0n) is 14.9. The summed E-state index contributed by atoms with van der Waals surface area (Å²) in [7, 11) is 0. The quantitative estimate of drug-likeness (QED) is 0.854. The first-order valence-electron chi connectivity index (χ1n) is 9.23. The van der Waals surface area contributed by atoms with Crippen LogP contribution in [0.2, 0.25) is 0 Å². The lowest BCUT2D eigenvalue weighted by Gasteiger charge is -2.17. The number of benzene rings is 2. The SMILES string of the molecule is O=C(Nc1cccc(N2CCCC2=O)c1)c1cccc(NC(=O)C2CC2)c1. The largest absolute Gasteiger partial charge is 0.326 e. The standard InChI is InChI=1S/C21H21N3O3/c25-19-8-3-11-24(19)18-7-2-6-17(13-18)23-21(27)15-4-1-5-16(12-15)22-20(26)14-9-10-14/h1-2,4-7,12-14H,3,8-11H2,(H,22,26)(H,23,27). The second-order valence-corrected chi connectivity index (χ2v) is 7.00. The molecule has 138 valence electrons. The molecule has 0 spiro atoms. The van der Waals surface area contributed by atoms with E-state index in [0.717, 1.165) is 24.9 Å². The number of carbonyl (C=O) groups excluding carboxylic acids is 3. The minimum Gasteiger partial charge on any atom is -0.326 e. The van der Waals surface area contributed by atoms with Gasteiger partial charge in [-0.15, -0.1) is 0 Å². The third kappa shape index (κ3) is 4.00. The average Bonchev–Trinajstić information content (AvgIpc) is 3.43. The highest BCUT2D eigenvalue weighted by Crippen LogP contribution is 2.30. The lowest BCUT2D eigenvalue weighted by molar-refractivity contribution is -0.118. The zero-order chi connectivity index (χ0) is 18.8. The van der Waals surface area contributed by atoms with E-state index in [-0.39, 0.29) is 23.6 Å². The summed E-state index contributed by atoms with van der Waals surface area (Å²) >= 11 is 0. The molecule has 1 aliphatic heterocycles. The summed E-state index contributed by atoms with van der Waals surface area (Å²) in [5, 5.41) is 5.71. The molecule has 3 amide bonds. The van der Waals surface area contributed by atoms with Gasteiger partial charge in [-0.25, -0.2) is 0 Å². The van der Waals surface area contributed by atoms with Crippen molar-refractivity contribution < 1.29 is 14.4 Å². The topological polar surface area (TPSA) is 78.5 Å². The van der Waals surface area contributed by atoms with Crippen LogP contribution in [-0.2, 0) is 9.59 Å². The predicted molar refractivity (Wildman–Crippen MR) is 104 cm³/mol. The smallest absolute Gasteiger partial charge is 0.255 e. The molecule has 0 unspecified atom stereocenters. The summed E-state index contributed by atoms with van der Waals surface area (Å²) in [5.74, 6) is -0.0333. The Morgan fingerprint density at radius 3 is 2.41 bits per heavy atom. The van der Waals surface area contributed by atoms with Gasteiger partial charge in [-0.05, 0) is 55.7 Å². The van der Waals surface area contributed by atoms with Crippen molar-refractivity contribution in [2.75, 3.05) is 22.1 Å². The van der Waals surface area contributed by atoms with Crippen LogP contribution in [-0.4, -0.2) is 24.3 Å². The van der Waals surface area contributed by atoms with Crippen LogP contribution in [0.1, 0.15) is 36.0 Å². The fourth-order valence-electron chi connectivity index (χ4n) is 3.20. The van der Waals surface area contributed by atoms with Gasteiger partial charge < -0.3 is 15.5 Å². The van der Waals surface area contributed by atoms with Crippen molar-refractivity contribution in [3.63, 3.8) is 0 Å². The molecule has 0 aromatic heterocycles. The van der Waals surface area contributed by atoms with Gasteiger partial charge in [0.15, 0.2) is 0 Å². The molecule has 2 N–H and O–H groups in total. The number of amides is 3. The predicted octanol–water partition coefficient (Wildman–Crippen LogP) is 3.41. The highest BCUT2D eigenvalue weighted by molar-refractivity contribution is 6.06. The number of anilines is 3. The Balaban J connectivity index is 1.46. The Bertz CT molecular complexity index is 905. The Hall–Kier alpha value is -3.15. The van der Waals surface area contributed by atoms with Gasteiger partial charge >= 0.3 is 0 Å². The molecule has 4 rings (SSSR count). The second-order valence-electron chi connectivity index (χ2n) is 7.00. The van der Waals surface area contributed by atoms with E-state index >= 15 is 0 Å². The van der Waals surface area contributed by atoms with Gasteiger partial charge in [-0.3, -0.25) is 14.4 Å². The maximum absolute atomic E-state index is 12.6. The number of carbonyl (C=O) groups is 3. The van der Waals surface area contributed by atoms with Crippen LogP contribution in [0.25, 0.3) is 0 Å². The molecule has 0 bridgehead atoms. The highest BCUT2D eigenvalue weighted by Gasteiger charge is 2.29. The van der Waals surface area contributed by atoms with E-state index in [2.05, 4.69) is 10.6 Å². The summed E-state index contributed by atoms with van der Waals surface area (Å²) in [5.41, 5.74) is 2.51. The molecule has 6 heteroatoms. The van der Waals surface area contributed by atoms with E-state index in [1.807, 2.05) is 12.1 Å². The number of nitrogens with one attached hydrogen (secondary N) is 2. The summed E-state index contributed by atoms with van der Waals surface area (Å²) in [6.07, 6.45) is 3.29. The van der Waals surface area contributed by atoms with Crippen molar-refractivity contribution in [2.24, 2.45) is 5.92 Å². The molecular weight excluding hydrogens is 342 g/mol. The van der Waals surface area contributed by atoms with Gasteiger partial charge in [-0.1, -0.05) is 12.1 Å². The van der Waals surface area contributed by atoms with Crippen LogP contribution in [0.3, 0.4) is 0 Å². The van der Waals surface area contributed by atoms with Crippen molar-refractivity contribution in [3.05, 3.63) is 54.1 Å². The Morgan fingerprint density at radius 2 is 1.70 bits per heavy atom. The molecule has 1 saturated heterocycles. The minimum atomic E-state index is -0.262. The van der Waals surface area contributed by atoms with Crippen molar-refractivity contribution in [1.29, 1.82) is 0 Å². The molecule has 1 aliphatic carbocycles. The minimum absolute atomic E-state index is 0.00976. The summed E-state index contributed by atoms with van der Waals surface area (Å²) in [6, 6.07) is 14.2. The molecular formula is C21H21N3O3. The lowest BCUT2D eigenvalue weighted by atomic mass is 10.1. The van der Waals surface area contributed by atoms with Gasteiger partial charge in [0.25, 0.3) is 5.91 Å². The van der Waals surface area contributed by atoms with E-state index in [4.69, 9.17) is 0 Å². The number of hydrogen-bond donors (Lipinski definition) is 2. The summed E-state index contributed by atoms with van der Waals surface area (Å²) in [6.45, 7) is 0.707. The first kappa shape index (κ1) is 17.3. The third-order valence-corrected chi connectivity index (χ3v) is 4.83. The Kier molecular flexibility index (Phi) is 4.62. The Labute approximate surface area is 157 Å². The van der Waals surface area contributed by atoms with Crippen LogP contribution >= 0.6 is 0 Å². The van der Waals surface area contributed by atoms with Crippen LogP contribution in [0.15, 0.2) is 48.5 Å². The third-order valence-electron chi connectivity index (χ3n) is 4.83. The van der Waals surface area contributed by atoms with Crippen LogP contribution < -0.4 is 15.5 Å². The van der Waals surface area contributed by atoms with Crippen LogP contribution in [0.5, 0.6) is 0 Å². The molecule has 2 aliphatic rings. The van der Waals surface area contributed by atoms with E-state index in [9.17, 15) is 14.4 Å². The molecule has 2 fully saturated rings. The molecule has 1 saturated carbocycles. The zero-order valence-corrected chi connectivity index (χ0v) is 14.9. The highest BCUT2D eigenvalue weighted by atomic mass is 16.2. The van der Waals surface area contributed by atoms with Crippen LogP contribution in [0.4, 0.5) is 17.1 Å². The second kappa shape index (κ2) is 7.23. The normalized spacial score (nSPS) is 16.3. The van der Waals surface area contributed by atoms with E-state index in [1.165, 1.54) is 0 Å². The fraction of sp³-hybridized carbons (Fsp3) is 0.286. The monoisotopic (exact) mass is 363 g/mol. The molecule has 6 nitrogen and oxygen atoms in total. The van der Waals surface area contributed by atoms with E-state index < -0.39 is 0 Å². The first-order valence-corrected chi connectivity index (χ1v) is 9.23. The van der Waals surface area contributed by atoms with E-state index in [0.29, 0.717) is 29.9 Å². The van der Waals surface area contributed by atoms with Gasteiger partial charge in [0, 0.05) is 41.5 Å². The van der Waals surface area contributed by atoms with Crippen molar-refractivity contribution in [3.8, 4) is 0 Å². The molecule has 2 aromatic rings. The van der Waals surface area contributed by atoms with Crippen LogP contribution in [0, 0.1) is 5.92 Å². The summed E-state index contributed by atoms with van der Waals surface area (Å²) < 4.78 is 0. The van der Waals surface area contributed by atoms with Crippen molar-refractivity contribution in [1.82, 2.24) is 0 Å². The maximum atomic E-state index is 12.6. The van der Waals surface area contributed by atoms with Gasteiger partial charge in [0.2, 0.25) is 11.8 Å². The van der Waals surface area contributed by atoms with E-state index in [1.54, 1.807) is 41.3 Å². The average molecular weight is 363 g/mol. The number of rotatable bonds is 5. The van der Waals surface area contributed by atoms with Crippen molar-refractivity contribution >= 4 is 34.8 Å².